The molecule has 1 fully saturated rings. The molecule has 1 rings (SSSR count). The number of carbonyl (C=O) groups excluding carboxylic acids is 1. The third-order valence-corrected chi connectivity index (χ3v) is 2.76. The molecule has 15 heavy (non-hydrogen) atoms. The van der Waals surface area contributed by atoms with Crippen LogP contribution in [0.15, 0.2) is 12.7 Å². The number of nitrogens with zero attached hydrogens (tertiary/aromatic N) is 1. The molecular formula is C11H17NO3. The predicted molar refractivity (Wildman–Crippen MR) is 56.4 cm³/mol. The highest BCUT2D eigenvalue weighted by Crippen LogP contribution is 2.18. The van der Waals surface area contributed by atoms with Crippen LogP contribution in [-0.2, 0) is 9.59 Å². The molecule has 4 heteroatoms. The zero-order valence-electron chi connectivity index (χ0n) is 8.82. The van der Waals surface area contributed by atoms with Crippen LogP contribution in [0.5, 0.6) is 0 Å². The average molecular weight is 211 g/mol. The fourth-order valence-electron chi connectivity index (χ4n) is 1.76. The van der Waals surface area contributed by atoms with E-state index in [2.05, 4.69) is 6.58 Å². The molecule has 1 saturated heterocycles. The maximum atomic E-state index is 11.6. The Balaban J connectivity index is 2.33. The second-order valence-electron chi connectivity index (χ2n) is 3.82. The highest BCUT2D eigenvalue weighted by molar-refractivity contribution is 5.77. The van der Waals surface area contributed by atoms with Gasteiger partial charge in [-0.1, -0.05) is 6.08 Å². The van der Waals surface area contributed by atoms with E-state index in [1.165, 1.54) is 0 Å². The van der Waals surface area contributed by atoms with E-state index in [0.717, 1.165) is 0 Å². The molecule has 0 aromatic carbocycles. The van der Waals surface area contributed by atoms with Crippen molar-refractivity contribution < 1.29 is 14.7 Å². The summed E-state index contributed by atoms with van der Waals surface area (Å²) in [5.41, 5.74) is 0. The van der Waals surface area contributed by atoms with E-state index in [4.69, 9.17) is 5.11 Å². The minimum atomic E-state index is -0.742. The molecule has 0 aromatic rings. The molecule has 0 radical (unpaired) electrons. The number of aliphatic carboxylic acids is 1. The molecule has 0 unspecified atom stereocenters. The molecule has 1 heterocycles. The van der Waals surface area contributed by atoms with Gasteiger partial charge in [0.05, 0.1) is 5.92 Å². The summed E-state index contributed by atoms with van der Waals surface area (Å²) in [4.78, 5) is 24.0. The van der Waals surface area contributed by atoms with Gasteiger partial charge in [0, 0.05) is 19.5 Å². The lowest BCUT2D eigenvalue weighted by atomic mass is 9.97. The van der Waals surface area contributed by atoms with E-state index in [0.29, 0.717) is 38.8 Å². The van der Waals surface area contributed by atoms with Crippen molar-refractivity contribution in [3.05, 3.63) is 12.7 Å². The van der Waals surface area contributed by atoms with Crippen molar-refractivity contribution in [1.29, 1.82) is 0 Å². The molecule has 84 valence electrons. The number of carboxylic acid groups (broad SMARTS) is 1. The molecule has 1 amide bonds. The molecule has 0 aliphatic carbocycles. The van der Waals surface area contributed by atoms with Gasteiger partial charge in [0.25, 0.3) is 0 Å². The fraction of sp³-hybridized carbons (Fsp3) is 0.636. The summed E-state index contributed by atoms with van der Waals surface area (Å²) < 4.78 is 0. The Bertz CT molecular complexity index is 255. The number of rotatable bonds is 4. The molecule has 1 aliphatic heterocycles. The molecule has 0 saturated carbocycles. The summed E-state index contributed by atoms with van der Waals surface area (Å²) in [6.45, 7) is 4.72. The van der Waals surface area contributed by atoms with Crippen LogP contribution in [0.4, 0.5) is 0 Å². The molecule has 0 spiro atoms. The van der Waals surface area contributed by atoms with Gasteiger partial charge in [-0.2, -0.15) is 0 Å². The standard InChI is InChI=1S/C11H17NO3/c1-2-3-4-10(13)12-7-5-9(6-8-12)11(14)15/h2,9H,1,3-8H2,(H,14,15). The van der Waals surface area contributed by atoms with Gasteiger partial charge in [0.1, 0.15) is 0 Å². The van der Waals surface area contributed by atoms with Gasteiger partial charge in [0.15, 0.2) is 0 Å². The lowest BCUT2D eigenvalue weighted by Gasteiger charge is -2.30. The van der Waals surface area contributed by atoms with E-state index in [9.17, 15) is 9.59 Å². The molecule has 0 atom stereocenters. The van der Waals surface area contributed by atoms with Crippen molar-refractivity contribution in [3.8, 4) is 0 Å². The summed E-state index contributed by atoms with van der Waals surface area (Å²) in [6.07, 6.45) is 4.06. The molecular weight excluding hydrogens is 194 g/mol. The number of hydrogen-bond acceptors (Lipinski definition) is 2. The van der Waals surface area contributed by atoms with Crippen molar-refractivity contribution in [2.24, 2.45) is 5.92 Å². The highest BCUT2D eigenvalue weighted by atomic mass is 16.4. The van der Waals surface area contributed by atoms with Crippen LogP contribution in [0.3, 0.4) is 0 Å². The molecule has 0 aromatic heterocycles. The zero-order valence-corrected chi connectivity index (χ0v) is 8.82. The first kappa shape index (κ1) is 11.8. The van der Waals surface area contributed by atoms with Crippen molar-refractivity contribution in [3.63, 3.8) is 0 Å². The lowest BCUT2D eigenvalue weighted by Crippen LogP contribution is -2.40. The molecule has 1 aliphatic rings. The minimum absolute atomic E-state index is 0.110. The largest absolute Gasteiger partial charge is 0.481 e. The topological polar surface area (TPSA) is 57.6 Å². The summed E-state index contributed by atoms with van der Waals surface area (Å²) in [7, 11) is 0. The van der Waals surface area contributed by atoms with E-state index in [-0.39, 0.29) is 11.8 Å². The SMILES string of the molecule is C=CCCC(=O)N1CCC(C(=O)O)CC1. The van der Waals surface area contributed by atoms with Crippen LogP contribution in [0.1, 0.15) is 25.7 Å². The Morgan fingerprint density at radius 3 is 2.47 bits per heavy atom. The summed E-state index contributed by atoms with van der Waals surface area (Å²) in [5, 5.41) is 8.79. The van der Waals surface area contributed by atoms with Gasteiger partial charge in [-0.15, -0.1) is 6.58 Å². The van der Waals surface area contributed by atoms with Gasteiger partial charge in [0.2, 0.25) is 5.91 Å². The maximum Gasteiger partial charge on any atom is 0.306 e. The van der Waals surface area contributed by atoms with Crippen molar-refractivity contribution >= 4 is 11.9 Å². The Hall–Kier alpha value is -1.32. The number of carboxylic acids is 1. The number of hydrogen-bond donors (Lipinski definition) is 1. The van der Waals surface area contributed by atoms with Gasteiger partial charge in [-0.3, -0.25) is 9.59 Å². The zero-order chi connectivity index (χ0) is 11.3. The number of allylic oxidation sites excluding steroid dienone is 1. The van der Waals surface area contributed by atoms with Gasteiger partial charge >= 0.3 is 5.97 Å². The van der Waals surface area contributed by atoms with Gasteiger partial charge in [-0.05, 0) is 19.3 Å². The third-order valence-electron chi connectivity index (χ3n) is 2.76. The van der Waals surface area contributed by atoms with Crippen molar-refractivity contribution in [2.75, 3.05) is 13.1 Å². The summed E-state index contributed by atoms with van der Waals surface area (Å²) >= 11 is 0. The first-order valence-corrected chi connectivity index (χ1v) is 5.26. The van der Waals surface area contributed by atoms with Gasteiger partial charge < -0.3 is 10.0 Å². The molecule has 1 N–H and O–H groups in total. The van der Waals surface area contributed by atoms with E-state index < -0.39 is 5.97 Å². The monoisotopic (exact) mass is 211 g/mol. The molecule has 4 nitrogen and oxygen atoms in total. The molecule has 0 bridgehead atoms. The second kappa shape index (κ2) is 5.53. The normalized spacial score (nSPS) is 17.5. The Kier molecular flexibility index (Phi) is 4.34. The summed E-state index contributed by atoms with van der Waals surface area (Å²) in [5.74, 6) is -0.902. The van der Waals surface area contributed by atoms with Crippen LogP contribution >= 0.6 is 0 Å². The third kappa shape index (κ3) is 3.38. The van der Waals surface area contributed by atoms with Crippen LogP contribution in [0.25, 0.3) is 0 Å². The quantitative estimate of drug-likeness (QED) is 0.712. The minimum Gasteiger partial charge on any atom is -0.481 e. The van der Waals surface area contributed by atoms with Crippen LogP contribution in [-0.4, -0.2) is 35.0 Å². The fourth-order valence-corrected chi connectivity index (χ4v) is 1.76. The van der Waals surface area contributed by atoms with E-state index >= 15 is 0 Å². The number of amides is 1. The van der Waals surface area contributed by atoms with Crippen LogP contribution < -0.4 is 0 Å². The number of carbonyl (C=O) groups is 2. The number of piperidine rings is 1. The Morgan fingerprint density at radius 2 is 2.00 bits per heavy atom. The first-order valence-electron chi connectivity index (χ1n) is 5.26. The van der Waals surface area contributed by atoms with E-state index in [1.807, 2.05) is 0 Å². The predicted octanol–water partition coefficient (Wildman–Crippen LogP) is 1.28. The van der Waals surface area contributed by atoms with E-state index in [1.54, 1.807) is 11.0 Å². The van der Waals surface area contributed by atoms with Crippen LogP contribution in [0, 0.1) is 5.92 Å². The maximum absolute atomic E-state index is 11.6. The van der Waals surface area contributed by atoms with Crippen LogP contribution in [0.2, 0.25) is 0 Å². The smallest absolute Gasteiger partial charge is 0.306 e. The second-order valence-corrected chi connectivity index (χ2v) is 3.82. The summed E-state index contributed by atoms with van der Waals surface area (Å²) in [6, 6.07) is 0. The van der Waals surface area contributed by atoms with Gasteiger partial charge in [-0.25, -0.2) is 0 Å². The number of likely N-dealkylation sites (tertiary alicyclic amines) is 1. The van der Waals surface area contributed by atoms with Crippen molar-refractivity contribution in [2.45, 2.75) is 25.7 Å². The Morgan fingerprint density at radius 1 is 1.40 bits per heavy atom. The lowest BCUT2D eigenvalue weighted by molar-refractivity contribution is -0.145. The first-order chi connectivity index (χ1) is 7.15. The Labute approximate surface area is 89.6 Å². The highest BCUT2D eigenvalue weighted by Gasteiger charge is 2.26. The average Bonchev–Trinajstić information content (AvgIpc) is 2.26. The van der Waals surface area contributed by atoms with Crippen molar-refractivity contribution in [1.82, 2.24) is 4.90 Å².